The highest BCUT2D eigenvalue weighted by atomic mass is 16.5. The van der Waals surface area contributed by atoms with E-state index in [1.54, 1.807) is 0 Å². The summed E-state index contributed by atoms with van der Waals surface area (Å²) >= 11 is 0. The minimum atomic E-state index is -0.193. The number of morpholine rings is 1. The van der Waals surface area contributed by atoms with Gasteiger partial charge in [-0.25, -0.2) is 0 Å². The van der Waals surface area contributed by atoms with Crippen molar-refractivity contribution in [1.82, 2.24) is 14.7 Å². The summed E-state index contributed by atoms with van der Waals surface area (Å²) in [5.74, 6) is 0.236. The molecule has 2 heterocycles. The lowest BCUT2D eigenvalue weighted by atomic mass is 9.97. The number of hydrogen-bond acceptors (Lipinski definition) is 4. The molecule has 5 heteroatoms. The van der Waals surface area contributed by atoms with Gasteiger partial charge in [0.1, 0.15) is 6.04 Å². The van der Waals surface area contributed by atoms with E-state index in [2.05, 4.69) is 28.9 Å². The normalized spacial score (nSPS) is 21.5. The van der Waals surface area contributed by atoms with E-state index < -0.39 is 0 Å². The van der Waals surface area contributed by atoms with Crippen molar-refractivity contribution in [1.29, 1.82) is 0 Å². The maximum Gasteiger partial charge on any atom is 0.244 e. The Labute approximate surface area is 151 Å². The molecule has 0 aromatic heterocycles. The number of likely N-dealkylation sites (N-methyl/N-ethyl adjacent to an activating group) is 1. The fourth-order valence-electron chi connectivity index (χ4n) is 4.09. The Morgan fingerprint density at radius 2 is 1.76 bits per heavy atom. The second-order valence-corrected chi connectivity index (χ2v) is 7.43. The summed E-state index contributed by atoms with van der Waals surface area (Å²) in [4.78, 5) is 19.9. The summed E-state index contributed by atoms with van der Waals surface area (Å²) in [6.45, 7) is 7.55. The minimum Gasteiger partial charge on any atom is -0.379 e. The lowest BCUT2D eigenvalue weighted by Crippen LogP contribution is -2.51. The molecule has 0 spiro atoms. The maximum atomic E-state index is 13.2. The summed E-state index contributed by atoms with van der Waals surface area (Å²) in [5, 5.41) is 0. The van der Waals surface area contributed by atoms with Crippen molar-refractivity contribution >= 4 is 5.91 Å². The van der Waals surface area contributed by atoms with Crippen LogP contribution >= 0.6 is 0 Å². The van der Waals surface area contributed by atoms with E-state index in [-0.39, 0.29) is 11.9 Å². The molecular formula is C20H31N3O2. The predicted molar refractivity (Wildman–Crippen MR) is 99.6 cm³/mol. The first kappa shape index (κ1) is 18.4. The Balaban J connectivity index is 1.65. The molecule has 3 rings (SSSR count). The Bertz CT molecular complexity index is 576. The molecule has 0 N–H and O–H groups in total. The molecule has 0 bridgehead atoms. The molecule has 25 heavy (non-hydrogen) atoms. The molecule has 5 nitrogen and oxygen atoms in total. The number of benzene rings is 1. The first-order valence-electron chi connectivity index (χ1n) is 9.40. The third kappa shape index (κ3) is 4.22. The number of aryl methyl sites for hydroxylation is 1. The fraction of sp³-hybridized carbons (Fsp3) is 0.650. The van der Waals surface area contributed by atoms with Gasteiger partial charge in [-0.2, -0.15) is 0 Å². The second-order valence-electron chi connectivity index (χ2n) is 7.43. The number of rotatable bonds is 4. The minimum absolute atomic E-state index is 0.193. The fourth-order valence-corrected chi connectivity index (χ4v) is 4.09. The van der Waals surface area contributed by atoms with Crippen LogP contribution in [0.4, 0.5) is 0 Å². The largest absolute Gasteiger partial charge is 0.379 e. The van der Waals surface area contributed by atoms with Gasteiger partial charge in [0.2, 0.25) is 5.91 Å². The van der Waals surface area contributed by atoms with Gasteiger partial charge in [-0.15, -0.1) is 0 Å². The number of likely N-dealkylation sites (tertiary alicyclic amines) is 1. The van der Waals surface area contributed by atoms with Crippen molar-refractivity contribution in [3.05, 3.63) is 35.4 Å². The van der Waals surface area contributed by atoms with Gasteiger partial charge in [-0.1, -0.05) is 24.3 Å². The number of ether oxygens (including phenoxy) is 1. The number of hydrogen-bond donors (Lipinski definition) is 0. The van der Waals surface area contributed by atoms with Crippen molar-refractivity contribution in [2.75, 3.05) is 53.5 Å². The highest BCUT2D eigenvalue weighted by Crippen LogP contribution is 2.26. The van der Waals surface area contributed by atoms with Crippen LogP contribution < -0.4 is 0 Å². The van der Waals surface area contributed by atoms with Crippen LogP contribution in [0.3, 0.4) is 0 Å². The Kier molecular flexibility index (Phi) is 6.10. The lowest BCUT2D eigenvalue weighted by Gasteiger charge is -2.41. The van der Waals surface area contributed by atoms with E-state index >= 15 is 0 Å². The monoisotopic (exact) mass is 345 g/mol. The van der Waals surface area contributed by atoms with Gasteiger partial charge in [0, 0.05) is 32.2 Å². The van der Waals surface area contributed by atoms with Crippen LogP contribution in [0, 0.1) is 6.92 Å². The van der Waals surface area contributed by atoms with E-state index in [4.69, 9.17) is 4.74 Å². The molecule has 0 radical (unpaired) electrons. The van der Waals surface area contributed by atoms with Gasteiger partial charge in [-0.05, 0) is 45.0 Å². The predicted octanol–water partition coefficient (Wildman–Crippen LogP) is 1.92. The van der Waals surface area contributed by atoms with E-state index in [1.807, 2.05) is 31.1 Å². The smallest absolute Gasteiger partial charge is 0.244 e. The zero-order chi connectivity index (χ0) is 17.8. The zero-order valence-corrected chi connectivity index (χ0v) is 15.8. The van der Waals surface area contributed by atoms with Crippen LogP contribution in [-0.2, 0) is 9.53 Å². The summed E-state index contributed by atoms with van der Waals surface area (Å²) in [5.41, 5.74) is 2.30. The molecule has 1 aromatic carbocycles. The Morgan fingerprint density at radius 1 is 1.12 bits per heavy atom. The van der Waals surface area contributed by atoms with Crippen LogP contribution in [-0.4, -0.2) is 80.1 Å². The van der Waals surface area contributed by atoms with Crippen molar-refractivity contribution in [3.63, 3.8) is 0 Å². The van der Waals surface area contributed by atoms with Gasteiger partial charge in [0.05, 0.1) is 13.2 Å². The molecule has 1 amide bonds. The van der Waals surface area contributed by atoms with Crippen LogP contribution in [0.1, 0.15) is 30.0 Å². The molecule has 2 saturated heterocycles. The Hall–Kier alpha value is -1.43. The number of nitrogens with zero attached hydrogens (tertiary/aromatic N) is 3. The molecule has 1 aromatic rings. The molecule has 0 aliphatic carbocycles. The van der Waals surface area contributed by atoms with Gasteiger partial charge in [0.25, 0.3) is 0 Å². The molecule has 2 fully saturated rings. The molecule has 1 atom stereocenters. The van der Waals surface area contributed by atoms with Crippen molar-refractivity contribution in [2.24, 2.45) is 0 Å². The SMILES string of the molecule is Cc1ccccc1C(C(=O)N1CCC(N2CCOCC2)CC1)N(C)C. The average Bonchev–Trinajstić information content (AvgIpc) is 2.64. The molecule has 2 aliphatic heterocycles. The summed E-state index contributed by atoms with van der Waals surface area (Å²) in [7, 11) is 3.99. The number of carbonyl (C=O) groups excluding carboxylic acids is 1. The van der Waals surface area contributed by atoms with Crippen LogP contribution in [0.2, 0.25) is 0 Å². The van der Waals surface area contributed by atoms with E-state index in [9.17, 15) is 4.79 Å². The van der Waals surface area contributed by atoms with Crippen molar-refractivity contribution < 1.29 is 9.53 Å². The number of carbonyl (C=O) groups is 1. The maximum absolute atomic E-state index is 13.2. The molecule has 138 valence electrons. The quantitative estimate of drug-likeness (QED) is 0.835. The van der Waals surface area contributed by atoms with E-state index in [1.165, 1.54) is 5.56 Å². The molecular weight excluding hydrogens is 314 g/mol. The zero-order valence-electron chi connectivity index (χ0n) is 15.8. The molecule has 2 aliphatic rings. The van der Waals surface area contributed by atoms with Gasteiger partial charge < -0.3 is 9.64 Å². The summed E-state index contributed by atoms with van der Waals surface area (Å²) < 4.78 is 5.46. The van der Waals surface area contributed by atoms with Crippen molar-refractivity contribution in [2.45, 2.75) is 31.8 Å². The first-order valence-corrected chi connectivity index (χ1v) is 9.40. The topological polar surface area (TPSA) is 36.0 Å². The second kappa shape index (κ2) is 8.30. The van der Waals surface area contributed by atoms with Crippen LogP contribution in [0.5, 0.6) is 0 Å². The summed E-state index contributed by atoms with van der Waals surface area (Å²) in [6, 6.07) is 8.63. The highest BCUT2D eigenvalue weighted by molar-refractivity contribution is 5.83. The highest BCUT2D eigenvalue weighted by Gasteiger charge is 2.33. The van der Waals surface area contributed by atoms with Gasteiger partial charge >= 0.3 is 0 Å². The first-order chi connectivity index (χ1) is 12.1. The molecule has 1 unspecified atom stereocenters. The summed E-state index contributed by atoms with van der Waals surface area (Å²) in [6.07, 6.45) is 2.14. The Morgan fingerprint density at radius 3 is 2.36 bits per heavy atom. The lowest BCUT2D eigenvalue weighted by molar-refractivity contribution is -0.138. The average molecular weight is 345 g/mol. The van der Waals surface area contributed by atoms with Crippen molar-refractivity contribution in [3.8, 4) is 0 Å². The van der Waals surface area contributed by atoms with E-state index in [0.29, 0.717) is 6.04 Å². The standard InChI is InChI=1S/C20H31N3O2/c1-16-6-4-5-7-18(16)19(21(2)3)20(24)23-10-8-17(9-11-23)22-12-14-25-15-13-22/h4-7,17,19H,8-15H2,1-3H3. The molecule has 0 saturated carbocycles. The van der Waals surface area contributed by atoms with Crippen LogP contribution in [0.25, 0.3) is 0 Å². The van der Waals surface area contributed by atoms with Gasteiger partial charge in [-0.3, -0.25) is 14.6 Å². The number of amides is 1. The number of piperidine rings is 1. The van der Waals surface area contributed by atoms with Crippen LogP contribution in [0.15, 0.2) is 24.3 Å². The third-order valence-corrected chi connectivity index (χ3v) is 5.57. The third-order valence-electron chi connectivity index (χ3n) is 5.57. The van der Waals surface area contributed by atoms with E-state index in [0.717, 1.165) is 57.8 Å². The van der Waals surface area contributed by atoms with Gasteiger partial charge in [0.15, 0.2) is 0 Å².